The topological polar surface area (TPSA) is 40.5 Å². The monoisotopic (exact) mass is 400 g/mol. The highest BCUT2D eigenvalue weighted by molar-refractivity contribution is 5.25. The largest absolute Gasteiger partial charge is 0.393 e. The molecule has 29 heavy (non-hydrogen) atoms. The SMILES string of the molecule is C=C(C)[C@@H](O)CC[C@@H](C)[C@H]1CC[C@H]2[C@@H]3CC=C4C[C@@H](O)CC[C@]4(C)[C@H]3CC[C@]12C. The summed E-state index contributed by atoms with van der Waals surface area (Å²) in [5.41, 5.74) is 3.31. The molecule has 2 N–H and O–H groups in total. The van der Waals surface area contributed by atoms with Crippen LogP contribution in [0.5, 0.6) is 0 Å². The lowest BCUT2D eigenvalue weighted by Gasteiger charge is -2.58. The van der Waals surface area contributed by atoms with Crippen molar-refractivity contribution in [2.75, 3.05) is 0 Å². The number of hydrogen-bond donors (Lipinski definition) is 2. The molecule has 0 aromatic heterocycles. The van der Waals surface area contributed by atoms with E-state index in [1.807, 2.05) is 6.92 Å². The van der Waals surface area contributed by atoms with Gasteiger partial charge in [0.2, 0.25) is 0 Å². The third-order valence-corrected chi connectivity index (χ3v) is 10.3. The van der Waals surface area contributed by atoms with Gasteiger partial charge in [0.15, 0.2) is 0 Å². The molecule has 164 valence electrons. The molecule has 3 fully saturated rings. The summed E-state index contributed by atoms with van der Waals surface area (Å²) >= 11 is 0. The Balaban J connectivity index is 1.49. The van der Waals surface area contributed by atoms with Gasteiger partial charge in [0.05, 0.1) is 12.2 Å². The van der Waals surface area contributed by atoms with Crippen LogP contribution in [-0.2, 0) is 0 Å². The summed E-state index contributed by atoms with van der Waals surface area (Å²) in [5, 5.41) is 20.4. The van der Waals surface area contributed by atoms with E-state index in [0.717, 1.165) is 54.9 Å². The van der Waals surface area contributed by atoms with E-state index in [1.165, 1.54) is 38.5 Å². The zero-order valence-electron chi connectivity index (χ0n) is 19.3. The van der Waals surface area contributed by atoms with E-state index in [-0.39, 0.29) is 12.2 Å². The Morgan fingerprint density at radius 1 is 1.14 bits per heavy atom. The third-order valence-electron chi connectivity index (χ3n) is 10.3. The van der Waals surface area contributed by atoms with Gasteiger partial charge in [-0.2, -0.15) is 0 Å². The Hall–Kier alpha value is -0.600. The molecular formula is C27H44O2. The normalized spacial score (nSPS) is 46.1. The Morgan fingerprint density at radius 2 is 1.90 bits per heavy atom. The summed E-state index contributed by atoms with van der Waals surface area (Å²) < 4.78 is 0. The number of aliphatic hydroxyl groups excluding tert-OH is 2. The average molecular weight is 401 g/mol. The molecule has 0 radical (unpaired) electrons. The highest BCUT2D eigenvalue weighted by atomic mass is 16.3. The fourth-order valence-corrected chi connectivity index (χ4v) is 8.49. The maximum atomic E-state index is 10.2. The molecule has 0 saturated heterocycles. The lowest BCUT2D eigenvalue weighted by Crippen LogP contribution is -2.50. The first kappa shape index (κ1) is 21.6. The van der Waals surface area contributed by atoms with Gasteiger partial charge in [-0.25, -0.2) is 0 Å². The van der Waals surface area contributed by atoms with Crippen LogP contribution in [0.2, 0.25) is 0 Å². The second-order valence-electron chi connectivity index (χ2n) is 11.8. The van der Waals surface area contributed by atoms with E-state index in [9.17, 15) is 10.2 Å². The van der Waals surface area contributed by atoms with Crippen LogP contribution in [0, 0.1) is 40.4 Å². The molecule has 0 aliphatic heterocycles. The molecule has 0 bridgehead atoms. The molecule has 3 saturated carbocycles. The summed E-state index contributed by atoms with van der Waals surface area (Å²) in [6.07, 6.45) is 14.0. The number of allylic oxidation sites excluding steroid dienone is 1. The van der Waals surface area contributed by atoms with E-state index in [4.69, 9.17) is 0 Å². The van der Waals surface area contributed by atoms with Crippen molar-refractivity contribution in [2.45, 2.75) is 104 Å². The van der Waals surface area contributed by atoms with Gasteiger partial charge in [0, 0.05) is 0 Å². The summed E-state index contributed by atoms with van der Waals surface area (Å²) in [7, 11) is 0. The highest BCUT2D eigenvalue weighted by Gasteiger charge is 2.59. The van der Waals surface area contributed by atoms with Crippen LogP contribution in [0.25, 0.3) is 0 Å². The first-order chi connectivity index (χ1) is 13.7. The Bertz CT molecular complexity index is 665. The van der Waals surface area contributed by atoms with Crippen molar-refractivity contribution in [3.63, 3.8) is 0 Å². The van der Waals surface area contributed by atoms with Crippen LogP contribution in [0.15, 0.2) is 23.8 Å². The number of fused-ring (bicyclic) bond motifs is 5. The van der Waals surface area contributed by atoms with Crippen molar-refractivity contribution in [3.05, 3.63) is 23.8 Å². The van der Waals surface area contributed by atoms with Crippen molar-refractivity contribution < 1.29 is 10.2 Å². The minimum absolute atomic E-state index is 0.106. The number of aliphatic hydroxyl groups is 2. The van der Waals surface area contributed by atoms with Crippen molar-refractivity contribution in [1.29, 1.82) is 0 Å². The Kier molecular flexibility index (Phi) is 5.84. The first-order valence-corrected chi connectivity index (χ1v) is 12.4. The third kappa shape index (κ3) is 3.57. The maximum absolute atomic E-state index is 10.2. The second-order valence-corrected chi connectivity index (χ2v) is 11.8. The van der Waals surface area contributed by atoms with Crippen LogP contribution < -0.4 is 0 Å². The van der Waals surface area contributed by atoms with Gasteiger partial charge >= 0.3 is 0 Å². The molecule has 0 heterocycles. The summed E-state index contributed by atoms with van der Waals surface area (Å²) in [6, 6.07) is 0. The minimum atomic E-state index is -0.332. The zero-order valence-corrected chi connectivity index (χ0v) is 19.3. The molecule has 4 rings (SSSR count). The first-order valence-electron chi connectivity index (χ1n) is 12.4. The smallest absolute Gasteiger partial charge is 0.0744 e. The number of hydrogen-bond acceptors (Lipinski definition) is 2. The molecule has 4 aliphatic carbocycles. The summed E-state index contributed by atoms with van der Waals surface area (Å²) in [5.74, 6) is 4.02. The van der Waals surface area contributed by atoms with Gasteiger partial charge in [-0.1, -0.05) is 44.6 Å². The van der Waals surface area contributed by atoms with E-state index in [0.29, 0.717) is 16.7 Å². The van der Waals surface area contributed by atoms with Gasteiger partial charge in [0.25, 0.3) is 0 Å². The van der Waals surface area contributed by atoms with Crippen molar-refractivity contribution >= 4 is 0 Å². The van der Waals surface area contributed by atoms with Crippen LogP contribution in [0.4, 0.5) is 0 Å². The average Bonchev–Trinajstić information content (AvgIpc) is 3.03. The molecule has 4 aliphatic rings. The molecule has 0 aromatic carbocycles. The summed E-state index contributed by atoms with van der Waals surface area (Å²) in [6.45, 7) is 13.5. The van der Waals surface area contributed by atoms with Crippen molar-refractivity contribution in [3.8, 4) is 0 Å². The lowest BCUT2D eigenvalue weighted by molar-refractivity contribution is -0.0576. The van der Waals surface area contributed by atoms with E-state index in [1.54, 1.807) is 5.57 Å². The summed E-state index contributed by atoms with van der Waals surface area (Å²) in [4.78, 5) is 0. The van der Waals surface area contributed by atoms with E-state index in [2.05, 4.69) is 33.4 Å². The van der Waals surface area contributed by atoms with Gasteiger partial charge in [-0.3, -0.25) is 0 Å². The molecule has 2 nitrogen and oxygen atoms in total. The van der Waals surface area contributed by atoms with Gasteiger partial charge in [-0.05, 0) is 112 Å². The van der Waals surface area contributed by atoms with E-state index < -0.39 is 0 Å². The van der Waals surface area contributed by atoms with Crippen molar-refractivity contribution in [2.24, 2.45) is 40.4 Å². The molecule has 0 spiro atoms. The molecule has 0 aromatic rings. The predicted octanol–water partition coefficient (Wildman–Crippen LogP) is 6.28. The fourth-order valence-electron chi connectivity index (χ4n) is 8.49. The maximum Gasteiger partial charge on any atom is 0.0744 e. The minimum Gasteiger partial charge on any atom is -0.393 e. The highest BCUT2D eigenvalue weighted by Crippen LogP contribution is 2.67. The molecular weight excluding hydrogens is 356 g/mol. The molecule has 0 amide bonds. The molecule has 0 unspecified atom stereocenters. The fraction of sp³-hybridized carbons (Fsp3) is 0.852. The molecule has 2 heteroatoms. The molecule has 9 atom stereocenters. The van der Waals surface area contributed by atoms with Crippen molar-refractivity contribution in [1.82, 2.24) is 0 Å². The Labute approximate surface area is 178 Å². The van der Waals surface area contributed by atoms with Gasteiger partial charge in [0.1, 0.15) is 0 Å². The van der Waals surface area contributed by atoms with Crippen LogP contribution in [0.3, 0.4) is 0 Å². The van der Waals surface area contributed by atoms with Crippen LogP contribution in [-0.4, -0.2) is 22.4 Å². The zero-order chi connectivity index (χ0) is 21.0. The van der Waals surface area contributed by atoms with E-state index >= 15 is 0 Å². The van der Waals surface area contributed by atoms with Crippen LogP contribution in [0.1, 0.15) is 91.9 Å². The lowest BCUT2D eigenvalue weighted by atomic mass is 9.47. The number of rotatable bonds is 5. The van der Waals surface area contributed by atoms with Crippen LogP contribution >= 0.6 is 0 Å². The second kappa shape index (κ2) is 7.83. The predicted molar refractivity (Wildman–Crippen MR) is 120 cm³/mol. The van der Waals surface area contributed by atoms with Gasteiger partial charge in [-0.15, -0.1) is 0 Å². The quantitative estimate of drug-likeness (QED) is 0.533. The van der Waals surface area contributed by atoms with Gasteiger partial charge < -0.3 is 10.2 Å². The standard InChI is InChI=1S/C27H44O2/c1-17(2)25(29)11-6-18(3)22-9-10-23-21-8-7-19-16-20(28)12-14-26(19,4)24(21)13-15-27(22,23)5/h7,18,20-25,28-29H,1,6,8-16H2,2-5H3/t18-,20+,21+,22-,23+,24+,25+,26+,27-/m1/s1. The Morgan fingerprint density at radius 3 is 2.62 bits per heavy atom.